The van der Waals surface area contributed by atoms with Gasteiger partial charge in [0, 0.05) is 5.54 Å². The lowest BCUT2D eigenvalue weighted by atomic mass is 9.87. The van der Waals surface area contributed by atoms with E-state index >= 15 is 0 Å². The fraction of sp³-hybridized carbons (Fsp3) is 0.294. The van der Waals surface area contributed by atoms with Crippen molar-refractivity contribution in [2.45, 2.75) is 25.3 Å². The largest absolute Gasteiger partial charge is 0.497 e. The van der Waals surface area contributed by atoms with E-state index in [9.17, 15) is 4.39 Å². The van der Waals surface area contributed by atoms with Gasteiger partial charge >= 0.3 is 0 Å². The van der Waals surface area contributed by atoms with Gasteiger partial charge in [-0.15, -0.1) is 0 Å². The highest BCUT2D eigenvalue weighted by Gasteiger charge is 2.21. The second-order valence-electron chi connectivity index (χ2n) is 5.45. The predicted molar refractivity (Wildman–Crippen MR) is 79.4 cm³/mol. The van der Waals surface area contributed by atoms with Crippen molar-refractivity contribution >= 4 is 0 Å². The summed E-state index contributed by atoms with van der Waals surface area (Å²) in [7, 11) is 1.64. The summed E-state index contributed by atoms with van der Waals surface area (Å²) in [6.45, 7) is 1.94. The van der Waals surface area contributed by atoms with E-state index in [1.165, 1.54) is 6.07 Å². The van der Waals surface area contributed by atoms with Gasteiger partial charge in [-0.05, 0) is 49.1 Å². The number of hydrogen-bond donors (Lipinski definition) is 1. The minimum Gasteiger partial charge on any atom is -0.497 e. The Morgan fingerprint density at radius 2 is 1.85 bits per heavy atom. The molecule has 2 rings (SSSR count). The number of nitrogens with two attached hydrogens (primary N) is 1. The van der Waals surface area contributed by atoms with Crippen LogP contribution in [0.4, 0.5) is 4.39 Å². The minimum absolute atomic E-state index is 0.199. The number of methoxy groups -OCH3 is 1. The fourth-order valence-corrected chi connectivity index (χ4v) is 2.39. The molecule has 2 N–H and O–H groups in total. The average molecular weight is 273 g/mol. The van der Waals surface area contributed by atoms with Gasteiger partial charge < -0.3 is 10.5 Å². The average Bonchev–Trinajstić information content (AvgIpc) is 2.41. The van der Waals surface area contributed by atoms with Crippen LogP contribution in [-0.4, -0.2) is 12.6 Å². The molecule has 106 valence electrons. The van der Waals surface area contributed by atoms with Crippen molar-refractivity contribution in [3.05, 3.63) is 65.5 Å². The third kappa shape index (κ3) is 3.81. The van der Waals surface area contributed by atoms with Crippen molar-refractivity contribution in [1.29, 1.82) is 0 Å². The molecule has 0 aromatic heterocycles. The molecular weight excluding hydrogens is 253 g/mol. The van der Waals surface area contributed by atoms with Crippen LogP contribution in [0.5, 0.6) is 5.75 Å². The summed E-state index contributed by atoms with van der Waals surface area (Å²) < 4.78 is 18.9. The summed E-state index contributed by atoms with van der Waals surface area (Å²) >= 11 is 0. The molecule has 2 aromatic rings. The Balaban J connectivity index is 2.12. The van der Waals surface area contributed by atoms with Crippen LogP contribution >= 0.6 is 0 Å². The SMILES string of the molecule is COc1cccc(CC(C)(N)Cc2ccccc2F)c1. The highest BCUT2D eigenvalue weighted by Crippen LogP contribution is 2.21. The molecular formula is C17H20FNO. The summed E-state index contributed by atoms with van der Waals surface area (Å²) in [6.07, 6.45) is 1.16. The molecule has 2 aromatic carbocycles. The van der Waals surface area contributed by atoms with Crippen LogP contribution in [0.25, 0.3) is 0 Å². The highest BCUT2D eigenvalue weighted by molar-refractivity contribution is 5.30. The van der Waals surface area contributed by atoms with E-state index in [2.05, 4.69) is 0 Å². The van der Waals surface area contributed by atoms with Crippen molar-refractivity contribution in [1.82, 2.24) is 0 Å². The lowest BCUT2D eigenvalue weighted by molar-refractivity contribution is 0.412. The van der Waals surface area contributed by atoms with Crippen LogP contribution < -0.4 is 10.5 Å². The van der Waals surface area contributed by atoms with Crippen LogP contribution in [0, 0.1) is 5.82 Å². The fourth-order valence-electron chi connectivity index (χ4n) is 2.39. The molecule has 3 heteroatoms. The molecule has 0 fully saturated rings. The molecule has 0 spiro atoms. The molecule has 0 saturated heterocycles. The molecule has 0 bridgehead atoms. The van der Waals surface area contributed by atoms with Gasteiger partial charge in [-0.25, -0.2) is 4.39 Å². The zero-order chi connectivity index (χ0) is 14.6. The molecule has 0 aliphatic carbocycles. The molecule has 1 atom stereocenters. The molecule has 0 aliphatic heterocycles. The van der Waals surface area contributed by atoms with E-state index in [4.69, 9.17) is 10.5 Å². The molecule has 0 amide bonds. The molecule has 0 aliphatic rings. The number of halogens is 1. The van der Waals surface area contributed by atoms with E-state index in [1.54, 1.807) is 19.2 Å². The van der Waals surface area contributed by atoms with Gasteiger partial charge in [-0.1, -0.05) is 30.3 Å². The van der Waals surface area contributed by atoms with Gasteiger partial charge in [0.05, 0.1) is 7.11 Å². The van der Waals surface area contributed by atoms with E-state index in [1.807, 2.05) is 37.3 Å². The van der Waals surface area contributed by atoms with E-state index in [0.29, 0.717) is 18.4 Å². The molecule has 0 radical (unpaired) electrons. The first-order valence-corrected chi connectivity index (χ1v) is 6.65. The first-order valence-electron chi connectivity index (χ1n) is 6.65. The summed E-state index contributed by atoms with van der Waals surface area (Å²) in [5.41, 5.74) is 7.57. The normalized spacial score (nSPS) is 13.8. The number of benzene rings is 2. The Morgan fingerprint density at radius 3 is 2.55 bits per heavy atom. The monoisotopic (exact) mass is 273 g/mol. The van der Waals surface area contributed by atoms with Crippen LogP contribution in [0.2, 0.25) is 0 Å². The smallest absolute Gasteiger partial charge is 0.126 e. The summed E-state index contributed by atoms with van der Waals surface area (Å²) in [5.74, 6) is 0.610. The van der Waals surface area contributed by atoms with Gasteiger partial charge in [-0.3, -0.25) is 0 Å². The topological polar surface area (TPSA) is 35.2 Å². The van der Waals surface area contributed by atoms with Crippen molar-refractivity contribution in [3.8, 4) is 5.75 Å². The molecule has 0 heterocycles. The third-order valence-electron chi connectivity index (χ3n) is 3.29. The van der Waals surface area contributed by atoms with Crippen LogP contribution in [0.15, 0.2) is 48.5 Å². The maximum atomic E-state index is 13.7. The zero-order valence-electron chi connectivity index (χ0n) is 11.9. The Bertz CT molecular complexity index is 581. The van der Waals surface area contributed by atoms with Crippen molar-refractivity contribution in [2.24, 2.45) is 5.73 Å². The van der Waals surface area contributed by atoms with Crippen molar-refractivity contribution in [2.75, 3.05) is 7.11 Å². The molecule has 2 nitrogen and oxygen atoms in total. The second kappa shape index (κ2) is 6.06. The molecule has 20 heavy (non-hydrogen) atoms. The third-order valence-corrected chi connectivity index (χ3v) is 3.29. The Labute approximate surface area is 119 Å². The standard InChI is InChI=1S/C17H20FNO/c1-17(19,12-14-7-3-4-9-16(14)18)11-13-6-5-8-15(10-13)20-2/h3-10H,11-12,19H2,1-2H3. The Morgan fingerprint density at radius 1 is 1.10 bits per heavy atom. The van der Waals surface area contributed by atoms with E-state index in [0.717, 1.165) is 11.3 Å². The van der Waals surface area contributed by atoms with Crippen molar-refractivity contribution < 1.29 is 9.13 Å². The minimum atomic E-state index is -0.505. The molecule has 0 saturated carbocycles. The lowest BCUT2D eigenvalue weighted by Crippen LogP contribution is -2.41. The Kier molecular flexibility index (Phi) is 4.40. The van der Waals surface area contributed by atoms with Gasteiger partial charge in [0.1, 0.15) is 11.6 Å². The van der Waals surface area contributed by atoms with Gasteiger partial charge in [0.25, 0.3) is 0 Å². The quantitative estimate of drug-likeness (QED) is 0.907. The molecule has 1 unspecified atom stereocenters. The summed E-state index contributed by atoms with van der Waals surface area (Å²) in [4.78, 5) is 0. The summed E-state index contributed by atoms with van der Waals surface area (Å²) in [5, 5.41) is 0. The van der Waals surface area contributed by atoms with Crippen molar-refractivity contribution in [3.63, 3.8) is 0 Å². The van der Waals surface area contributed by atoms with Crippen LogP contribution in [-0.2, 0) is 12.8 Å². The van der Waals surface area contributed by atoms with Crippen LogP contribution in [0.3, 0.4) is 0 Å². The maximum Gasteiger partial charge on any atom is 0.126 e. The number of hydrogen-bond acceptors (Lipinski definition) is 2. The highest BCUT2D eigenvalue weighted by atomic mass is 19.1. The zero-order valence-corrected chi connectivity index (χ0v) is 11.9. The van der Waals surface area contributed by atoms with Gasteiger partial charge in [0.15, 0.2) is 0 Å². The predicted octanol–water partition coefficient (Wildman–Crippen LogP) is 3.34. The van der Waals surface area contributed by atoms with Gasteiger partial charge in [0.2, 0.25) is 0 Å². The second-order valence-corrected chi connectivity index (χ2v) is 5.45. The number of rotatable bonds is 5. The first kappa shape index (κ1) is 14.5. The first-order chi connectivity index (χ1) is 9.50. The van der Waals surface area contributed by atoms with Crippen LogP contribution in [0.1, 0.15) is 18.1 Å². The summed E-state index contributed by atoms with van der Waals surface area (Å²) in [6, 6.07) is 14.6. The van der Waals surface area contributed by atoms with E-state index in [-0.39, 0.29) is 5.82 Å². The van der Waals surface area contributed by atoms with E-state index < -0.39 is 5.54 Å². The van der Waals surface area contributed by atoms with Gasteiger partial charge in [-0.2, -0.15) is 0 Å². The Hall–Kier alpha value is -1.87. The lowest BCUT2D eigenvalue weighted by Gasteiger charge is -2.25. The number of ether oxygens (including phenoxy) is 1. The maximum absolute atomic E-state index is 13.7.